The summed E-state index contributed by atoms with van der Waals surface area (Å²) in [5, 5.41) is 12.1. The Bertz CT molecular complexity index is 686. The average molecular weight is 347 g/mol. The number of hydrogen-bond acceptors (Lipinski definition) is 4. The molecule has 1 heterocycles. The Morgan fingerprint density at radius 3 is 2.60 bits per heavy atom. The molecule has 1 saturated carbocycles. The summed E-state index contributed by atoms with van der Waals surface area (Å²) in [4.78, 5) is 23.8. The van der Waals surface area contributed by atoms with E-state index in [0.29, 0.717) is 13.2 Å². The van der Waals surface area contributed by atoms with E-state index in [-0.39, 0.29) is 30.1 Å². The maximum atomic E-state index is 12.6. The molecule has 1 fully saturated rings. The topological polar surface area (TPSA) is 84.9 Å². The molecular weight excluding hydrogens is 322 g/mol. The van der Waals surface area contributed by atoms with Crippen molar-refractivity contribution < 1.29 is 24.2 Å². The van der Waals surface area contributed by atoms with E-state index < -0.39 is 11.5 Å². The van der Waals surface area contributed by atoms with Gasteiger partial charge in [-0.25, -0.2) is 0 Å². The minimum absolute atomic E-state index is 0.0269. The van der Waals surface area contributed by atoms with Gasteiger partial charge in [-0.15, -0.1) is 0 Å². The Balaban J connectivity index is 1.66. The highest BCUT2D eigenvalue weighted by Crippen LogP contribution is 2.49. The summed E-state index contributed by atoms with van der Waals surface area (Å²) in [5.74, 6) is 0.553. The van der Waals surface area contributed by atoms with Crippen LogP contribution >= 0.6 is 0 Å². The molecule has 1 aromatic carbocycles. The van der Waals surface area contributed by atoms with Crippen molar-refractivity contribution in [3.05, 3.63) is 23.8 Å². The largest absolute Gasteiger partial charge is 0.486 e. The van der Waals surface area contributed by atoms with Crippen LogP contribution in [-0.4, -0.2) is 35.7 Å². The van der Waals surface area contributed by atoms with E-state index in [1.807, 2.05) is 32.0 Å². The van der Waals surface area contributed by atoms with E-state index in [4.69, 9.17) is 14.6 Å². The van der Waals surface area contributed by atoms with Crippen LogP contribution < -0.4 is 14.8 Å². The van der Waals surface area contributed by atoms with Gasteiger partial charge in [-0.3, -0.25) is 9.59 Å². The fourth-order valence-electron chi connectivity index (χ4n) is 3.22. The highest BCUT2D eigenvalue weighted by Gasteiger charge is 2.46. The van der Waals surface area contributed by atoms with E-state index in [1.165, 1.54) is 0 Å². The molecule has 0 radical (unpaired) electrons. The second-order valence-electron chi connectivity index (χ2n) is 7.48. The molecule has 6 heteroatoms. The van der Waals surface area contributed by atoms with E-state index in [1.54, 1.807) is 6.92 Å². The third-order valence-electron chi connectivity index (χ3n) is 5.32. The molecule has 3 unspecified atom stereocenters. The van der Waals surface area contributed by atoms with E-state index in [9.17, 15) is 9.59 Å². The molecule has 1 aromatic rings. The highest BCUT2D eigenvalue weighted by atomic mass is 16.6. The summed E-state index contributed by atoms with van der Waals surface area (Å²) < 4.78 is 11.1. The number of hydrogen-bond donors (Lipinski definition) is 2. The number of ether oxygens (including phenoxy) is 2. The molecule has 2 aliphatic rings. The smallest absolute Gasteiger partial charge is 0.305 e. The van der Waals surface area contributed by atoms with Gasteiger partial charge in [-0.05, 0) is 42.9 Å². The van der Waals surface area contributed by atoms with Crippen molar-refractivity contribution in [1.29, 1.82) is 0 Å². The van der Waals surface area contributed by atoms with Gasteiger partial charge in [0.05, 0.1) is 6.42 Å². The minimum Gasteiger partial charge on any atom is -0.486 e. The predicted molar refractivity (Wildman–Crippen MR) is 91.9 cm³/mol. The van der Waals surface area contributed by atoms with Gasteiger partial charge in [0.15, 0.2) is 11.5 Å². The Labute approximate surface area is 147 Å². The fraction of sp³-hybridized carbons (Fsp3) is 0.579. The van der Waals surface area contributed by atoms with Crippen molar-refractivity contribution in [3.8, 4) is 11.5 Å². The Kier molecular flexibility index (Phi) is 4.62. The molecule has 3 atom stereocenters. The van der Waals surface area contributed by atoms with Crippen LogP contribution in [0.4, 0.5) is 0 Å². The number of carboxylic acid groups (broad SMARTS) is 1. The van der Waals surface area contributed by atoms with Crippen molar-refractivity contribution in [2.24, 2.45) is 11.8 Å². The molecule has 0 saturated heterocycles. The van der Waals surface area contributed by atoms with Gasteiger partial charge < -0.3 is 19.9 Å². The van der Waals surface area contributed by atoms with Gasteiger partial charge in [0.1, 0.15) is 13.2 Å². The summed E-state index contributed by atoms with van der Waals surface area (Å²) in [6.45, 7) is 6.74. The number of rotatable bonds is 6. The van der Waals surface area contributed by atoms with Crippen LogP contribution in [0.5, 0.6) is 11.5 Å². The monoisotopic (exact) mass is 347 g/mol. The van der Waals surface area contributed by atoms with Crippen LogP contribution in [0.15, 0.2) is 18.2 Å². The number of carbonyl (C=O) groups excluding carboxylic acids is 1. The Morgan fingerprint density at radius 1 is 1.28 bits per heavy atom. The van der Waals surface area contributed by atoms with Crippen molar-refractivity contribution in [3.63, 3.8) is 0 Å². The number of nitrogens with one attached hydrogen (secondary N) is 1. The third-order valence-corrected chi connectivity index (χ3v) is 5.32. The van der Waals surface area contributed by atoms with Crippen LogP contribution in [0.1, 0.15) is 45.1 Å². The SMILES string of the molecule is CC(C)C(C)(CC(=O)O)NC(=O)C1CC1c1ccc2c(c1)OCCO2. The van der Waals surface area contributed by atoms with Gasteiger partial charge in [0.2, 0.25) is 5.91 Å². The van der Waals surface area contributed by atoms with Gasteiger partial charge in [-0.2, -0.15) is 0 Å². The molecule has 25 heavy (non-hydrogen) atoms. The first kappa shape index (κ1) is 17.6. The molecule has 3 rings (SSSR count). The number of carboxylic acids is 1. The lowest BCUT2D eigenvalue weighted by atomic mass is 9.85. The first-order valence-corrected chi connectivity index (χ1v) is 8.73. The molecule has 1 aliphatic heterocycles. The summed E-state index contributed by atoms with van der Waals surface area (Å²) in [7, 11) is 0. The summed E-state index contributed by atoms with van der Waals surface area (Å²) in [5.41, 5.74) is 0.317. The molecule has 0 bridgehead atoms. The maximum Gasteiger partial charge on any atom is 0.305 e. The second kappa shape index (κ2) is 6.58. The predicted octanol–water partition coefficient (Wildman–Crippen LogP) is 2.57. The number of fused-ring (bicyclic) bond motifs is 1. The van der Waals surface area contributed by atoms with Crippen LogP contribution in [0.25, 0.3) is 0 Å². The zero-order chi connectivity index (χ0) is 18.2. The summed E-state index contributed by atoms with van der Waals surface area (Å²) >= 11 is 0. The molecule has 0 spiro atoms. The number of amides is 1. The van der Waals surface area contributed by atoms with Gasteiger partial charge >= 0.3 is 5.97 Å². The van der Waals surface area contributed by atoms with Crippen molar-refractivity contribution in [2.75, 3.05) is 13.2 Å². The average Bonchev–Trinajstić information content (AvgIpc) is 3.34. The molecule has 136 valence electrons. The Hall–Kier alpha value is -2.24. The summed E-state index contributed by atoms with van der Waals surface area (Å²) in [6.07, 6.45) is 0.685. The zero-order valence-electron chi connectivity index (χ0n) is 14.9. The Morgan fingerprint density at radius 2 is 1.96 bits per heavy atom. The number of carbonyl (C=O) groups is 2. The molecule has 6 nitrogen and oxygen atoms in total. The van der Waals surface area contributed by atoms with E-state index in [2.05, 4.69) is 5.32 Å². The summed E-state index contributed by atoms with van der Waals surface area (Å²) in [6, 6.07) is 5.81. The minimum atomic E-state index is -0.907. The zero-order valence-corrected chi connectivity index (χ0v) is 14.9. The lowest BCUT2D eigenvalue weighted by Crippen LogP contribution is -2.51. The first-order valence-electron chi connectivity index (χ1n) is 8.73. The second-order valence-corrected chi connectivity index (χ2v) is 7.48. The number of aliphatic carboxylic acids is 1. The van der Waals surface area contributed by atoms with Crippen molar-refractivity contribution in [1.82, 2.24) is 5.32 Å². The molecule has 1 aliphatic carbocycles. The molecular formula is C19H25NO5. The van der Waals surface area contributed by atoms with E-state index >= 15 is 0 Å². The fourth-order valence-corrected chi connectivity index (χ4v) is 3.22. The van der Waals surface area contributed by atoms with Crippen molar-refractivity contribution >= 4 is 11.9 Å². The third kappa shape index (κ3) is 3.72. The standard InChI is InChI=1S/C19H25NO5/c1-11(2)19(3,10-17(21)22)20-18(23)14-9-13(14)12-4-5-15-16(8-12)25-7-6-24-15/h4-5,8,11,13-14H,6-7,9-10H2,1-3H3,(H,20,23)(H,21,22). The first-order chi connectivity index (χ1) is 11.8. The molecule has 1 amide bonds. The van der Waals surface area contributed by atoms with Gasteiger partial charge in [0.25, 0.3) is 0 Å². The highest BCUT2D eigenvalue weighted by molar-refractivity contribution is 5.84. The molecule has 2 N–H and O–H groups in total. The van der Waals surface area contributed by atoms with Crippen LogP contribution in [0.3, 0.4) is 0 Å². The lowest BCUT2D eigenvalue weighted by molar-refractivity contribution is -0.139. The van der Waals surface area contributed by atoms with Gasteiger partial charge in [0, 0.05) is 11.5 Å². The molecule has 0 aromatic heterocycles. The lowest BCUT2D eigenvalue weighted by Gasteiger charge is -2.33. The normalized spacial score (nSPS) is 23.7. The van der Waals surface area contributed by atoms with Gasteiger partial charge in [-0.1, -0.05) is 19.9 Å². The maximum absolute atomic E-state index is 12.6. The van der Waals surface area contributed by atoms with E-state index in [0.717, 1.165) is 23.5 Å². The quantitative estimate of drug-likeness (QED) is 0.826. The van der Waals surface area contributed by atoms with Crippen LogP contribution in [0.2, 0.25) is 0 Å². The van der Waals surface area contributed by atoms with Crippen LogP contribution in [0, 0.1) is 11.8 Å². The number of benzene rings is 1. The van der Waals surface area contributed by atoms with Crippen LogP contribution in [-0.2, 0) is 9.59 Å². The van der Waals surface area contributed by atoms with Crippen molar-refractivity contribution in [2.45, 2.75) is 45.1 Å².